The summed E-state index contributed by atoms with van der Waals surface area (Å²) in [5.41, 5.74) is 11.0. The molecule has 0 saturated carbocycles. The number of nitrogens with one attached hydrogen (secondary N) is 4. The van der Waals surface area contributed by atoms with Gasteiger partial charge in [0.05, 0.1) is 20.0 Å². The molecule has 116 heavy (non-hydrogen) atoms. The van der Waals surface area contributed by atoms with E-state index in [1.807, 2.05) is 265 Å². The maximum absolute atomic E-state index is 13.4. The van der Waals surface area contributed by atoms with E-state index >= 15 is 0 Å². The molecule has 0 radical (unpaired) electrons. The molecule has 4 atom stereocenters. The average molecular weight is 2080 g/mol. The Labute approximate surface area is 754 Å². The monoisotopic (exact) mass is 2080 g/mol. The number of rotatable bonds is 38. The summed E-state index contributed by atoms with van der Waals surface area (Å²) in [6.45, 7) is 8.86. The van der Waals surface area contributed by atoms with Gasteiger partial charge in [-0.25, -0.2) is 33.7 Å². The van der Waals surface area contributed by atoms with Crippen LogP contribution in [0.25, 0.3) is 18.9 Å². The third kappa shape index (κ3) is 49.3. The zero-order valence-corrected chi connectivity index (χ0v) is 80.2. The van der Waals surface area contributed by atoms with Crippen LogP contribution in [-0.2, 0) is 135 Å². The van der Waals surface area contributed by atoms with Crippen LogP contribution in [0.3, 0.4) is 0 Å². The fourth-order valence-corrected chi connectivity index (χ4v) is 14.5. The van der Waals surface area contributed by atoms with Gasteiger partial charge in [0.1, 0.15) is 20.0 Å². The molecule has 0 bridgehead atoms. The van der Waals surface area contributed by atoms with Gasteiger partial charge in [-0.05, 0) is 162 Å². The van der Waals surface area contributed by atoms with Gasteiger partial charge in [-0.2, -0.15) is 0 Å². The fraction of sp³-hybridized carbons (Fsp3) is 0.273. The summed E-state index contributed by atoms with van der Waals surface area (Å²) < 4.78 is 112. The van der Waals surface area contributed by atoms with Crippen LogP contribution < -0.4 is 21.3 Å². The molecule has 4 N–H and O–H groups in total. The zero-order chi connectivity index (χ0) is 82.1. The Hall–Kier alpha value is -4.67. The van der Waals surface area contributed by atoms with Crippen LogP contribution in [-0.4, -0.2) is 98.5 Å². The molecule has 0 amide bonds. The molecule has 0 fully saturated rings. The predicted molar refractivity (Wildman–Crippen MR) is 476 cm³/mol. The van der Waals surface area contributed by atoms with Gasteiger partial charge in [-0.3, -0.25) is 0 Å². The number of benzene rings is 10. The van der Waals surface area contributed by atoms with Crippen molar-refractivity contribution in [1.29, 1.82) is 0 Å². The van der Waals surface area contributed by atoms with E-state index < -0.39 is 52.2 Å². The molecule has 0 spiro atoms. The van der Waals surface area contributed by atoms with Crippen LogP contribution in [0.4, 0.5) is 0 Å². The summed E-state index contributed by atoms with van der Waals surface area (Å²) >= 11 is 7.29. The number of aryl methyl sites for hydroxylation is 6. The number of sulfonamides is 4. The molecule has 0 aliphatic rings. The van der Waals surface area contributed by atoms with E-state index in [1.165, 1.54) is 22.3 Å². The molecule has 632 valence electrons. The Morgan fingerprint density at radius 3 is 0.828 bits per heavy atom. The van der Waals surface area contributed by atoms with Crippen molar-refractivity contribution >= 4 is 78.9 Å². The summed E-state index contributed by atoms with van der Waals surface area (Å²) in [4.78, 5) is 0.465. The standard InChI is InChI=1S/C30H31N2O2S.C24H27N2O2S.C18H23N2O2S.C12H19N2O2S.4CH3.4ClH.4Ru/c1-24-19-21-28(22-20-24)35(33,34)32-30(27-17-9-4-10-18-27)29(26-15-7-3-8-16-26)31-23-11-14-25-12-5-2-6-13-25;1-29(27,28)26-24(22-17-9-4-10-18-22)23(21-15-7-3-8-16-21)25-19-11-14-20-12-5-2-6-13-20;1-16-9-11-18(12-10-16)23(21,22)20-15-14-19-13-5-8-17-6-3-2-4-7-17;1-17(15,16)14-11-10-13-9-5-8-12-6-3-2-4-7-12;;;;;;;;;;;;/h2-10,12-13,15-22,29-31H,11,14,23H2,1H3;2-10,12-13,15-18,23-25H,11,14,19H2,1H3;2-4,6-7,9-12,19H,5,8,13-15H2,1H3;2-4,6-7,13H,5,8-11H2,1H3;4*1H3;4*1H;;;;/q8*-1;;;;;4*+4/p-4. The molecular formula is C88H112Cl4N8O8Ru4S4+4. The van der Waals surface area contributed by atoms with E-state index in [4.69, 9.17) is 0 Å². The molecule has 10 rings (SSSR count). The van der Waals surface area contributed by atoms with Gasteiger partial charge in [0.15, 0.2) is 0 Å². The zero-order valence-electron chi connectivity index (χ0n) is 66.9. The summed E-state index contributed by atoms with van der Waals surface area (Å²) in [7, 11) is 4.19. The first-order chi connectivity index (χ1) is 54.2. The first-order valence-corrected chi connectivity index (χ1v) is 51.4. The van der Waals surface area contributed by atoms with Gasteiger partial charge in [-0.1, -0.05) is 301 Å². The summed E-state index contributed by atoms with van der Waals surface area (Å²) in [6, 6.07) is 92.5. The van der Waals surface area contributed by atoms with Gasteiger partial charge in [-0.15, -0.1) is 13.1 Å². The number of hydrogen-bond donors (Lipinski definition) is 4. The second kappa shape index (κ2) is 67.9. The second-order valence-electron chi connectivity index (χ2n) is 25.2. The van der Waals surface area contributed by atoms with Crippen molar-refractivity contribution in [1.82, 2.24) is 21.3 Å². The van der Waals surface area contributed by atoms with Crippen LogP contribution in [0.1, 0.15) is 105 Å². The molecule has 0 aromatic heterocycles. The Bertz CT molecular complexity index is 4490. The molecule has 0 aliphatic heterocycles. The minimum atomic E-state index is -3.87. The first kappa shape index (κ1) is 113. The fourth-order valence-electron chi connectivity index (χ4n) is 11.3. The first-order valence-electron chi connectivity index (χ1n) is 35.8. The van der Waals surface area contributed by atoms with E-state index in [-0.39, 0.29) is 58.1 Å². The van der Waals surface area contributed by atoms with E-state index in [0.717, 1.165) is 123 Å². The SMILES string of the molecule is CS(=O)(=O)[N-]C(c1ccccc1)C(NCCCc1ccccc1)c1ccccc1.CS(=O)(=O)[N-]CCNCCCc1ccccc1.Cc1ccc(S(=O)(=O)[N-]C(c2ccccc2)C(NCCCc2ccccc2)c2ccccc2)cc1.Cc1ccc(S(=O)(=O)[N-]CCNCCCc2ccccc2)cc1.[CH3-].[CH3-].[CH3-].[CH3-].[Cl][Ru+3].[Cl][Ru+3].[Cl][Ru+3].[Cl][Ru+3]. The quantitative estimate of drug-likeness (QED) is 0.0160. The second-order valence-corrected chi connectivity index (χ2v) is 31.9. The van der Waals surface area contributed by atoms with Gasteiger partial charge in [0.25, 0.3) is 0 Å². The number of halogens is 4. The molecular weight excluding hydrogens is 1970 g/mol. The Morgan fingerprint density at radius 2 is 0.543 bits per heavy atom. The topological polar surface area (TPSA) is 241 Å². The molecule has 0 heterocycles. The van der Waals surface area contributed by atoms with Crippen LogP contribution >= 0.6 is 38.8 Å². The molecule has 10 aromatic rings. The molecule has 28 heteroatoms. The van der Waals surface area contributed by atoms with Crippen LogP contribution in [0.5, 0.6) is 0 Å². The van der Waals surface area contributed by atoms with Gasteiger partial charge in [0.2, 0.25) is 0 Å². The van der Waals surface area contributed by atoms with E-state index in [1.54, 1.807) is 48.5 Å². The Kier molecular flexibility index (Phi) is 66.4. The Balaban J connectivity index is 0. The van der Waals surface area contributed by atoms with Crippen molar-refractivity contribution in [2.75, 3.05) is 64.9 Å². The molecule has 16 nitrogen and oxygen atoms in total. The van der Waals surface area contributed by atoms with Crippen molar-refractivity contribution in [3.8, 4) is 0 Å². The Morgan fingerprint density at radius 1 is 0.293 bits per heavy atom. The van der Waals surface area contributed by atoms with Crippen LogP contribution in [0.15, 0.2) is 301 Å². The third-order valence-corrected chi connectivity index (χ3v) is 20.6. The summed E-state index contributed by atoms with van der Waals surface area (Å²) in [6.07, 6.45) is 10.2. The molecule has 4 unspecified atom stereocenters. The minimum absolute atomic E-state index is 0. The summed E-state index contributed by atoms with van der Waals surface area (Å²) in [5, 5.41) is 13.6. The molecule has 10 aromatic carbocycles. The third-order valence-electron chi connectivity index (χ3n) is 16.6. The van der Waals surface area contributed by atoms with Crippen molar-refractivity contribution in [2.24, 2.45) is 0 Å². The van der Waals surface area contributed by atoms with Gasteiger partial charge >= 0.3 is 108 Å². The maximum atomic E-state index is 13.4. The number of hydrogen-bond acceptors (Lipinski definition) is 12. The van der Waals surface area contributed by atoms with Crippen molar-refractivity contribution < 1.29 is 103 Å². The van der Waals surface area contributed by atoms with E-state index in [2.05, 4.69) is 140 Å². The predicted octanol–water partition coefficient (Wildman–Crippen LogP) is 21.2. The van der Waals surface area contributed by atoms with Crippen molar-refractivity contribution in [3.05, 3.63) is 395 Å². The normalized spacial score (nSPS) is 11.6. The number of nitrogens with zero attached hydrogens (tertiary/aromatic N) is 4. The van der Waals surface area contributed by atoms with Crippen molar-refractivity contribution in [2.45, 2.75) is 99.2 Å². The van der Waals surface area contributed by atoms with Gasteiger partial charge < -0.3 is 69.9 Å². The summed E-state index contributed by atoms with van der Waals surface area (Å²) in [5.74, 6) is 0. The van der Waals surface area contributed by atoms with E-state index in [0.29, 0.717) is 19.6 Å². The molecule has 0 aliphatic carbocycles. The van der Waals surface area contributed by atoms with Crippen LogP contribution in [0.2, 0.25) is 0 Å². The van der Waals surface area contributed by atoms with Gasteiger partial charge in [0, 0.05) is 34.4 Å². The van der Waals surface area contributed by atoms with Crippen molar-refractivity contribution in [3.63, 3.8) is 0 Å². The average Bonchev–Trinajstić information content (AvgIpc) is 0.804. The molecule has 0 saturated heterocycles. The van der Waals surface area contributed by atoms with Crippen LogP contribution in [0, 0.1) is 43.6 Å². The van der Waals surface area contributed by atoms with E-state index in [9.17, 15) is 33.7 Å².